The highest BCUT2D eigenvalue weighted by molar-refractivity contribution is 5.91. The number of piperazine rings is 1. The first kappa shape index (κ1) is 16.5. The number of rotatable bonds is 4. The van der Waals surface area contributed by atoms with E-state index in [1.54, 1.807) is 6.08 Å². The molecule has 1 fully saturated rings. The smallest absolute Gasteiger partial charge is 0.246 e. The molecule has 5 heteroatoms. The Labute approximate surface area is 153 Å². The molecule has 0 N–H and O–H groups in total. The lowest BCUT2D eigenvalue weighted by Gasteiger charge is -2.33. The first-order valence-electron chi connectivity index (χ1n) is 8.96. The zero-order chi connectivity index (χ0) is 17.8. The summed E-state index contributed by atoms with van der Waals surface area (Å²) in [5.41, 5.74) is 3.23. The van der Waals surface area contributed by atoms with Gasteiger partial charge in [-0.3, -0.25) is 9.69 Å². The lowest BCUT2D eigenvalue weighted by atomic mass is 10.2. The summed E-state index contributed by atoms with van der Waals surface area (Å²) in [6.45, 7) is 4.08. The molecule has 2 aromatic heterocycles. The van der Waals surface area contributed by atoms with E-state index in [9.17, 15) is 4.79 Å². The van der Waals surface area contributed by atoms with Crippen molar-refractivity contribution in [2.45, 2.75) is 6.54 Å². The van der Waals surface area contributed by atoms with Gasteiger partial charge in [0, 0.05) is 45.0 Å². The summed E-state index contributed by atoms with van der Waals surface area (Å²) in [6, 6.07) is 18.1. The lowest BCUT2D eigenvalue weighted by molar-refractivity contribution is -0.127. The molecule has 0 aliphatic carbocycles. The zero-order valence-corrected chi connectivity index (χ0v) is 14.7. The second kappa shape index (κ2) is 7.54. The van der Waals surface area contributed by atoms with Crippen molar-refractivity contribution in [1.29, 1.82) is 0 Å². The van der Waals surface area contributed by atoms with Crippen LogP contribution in [0.2, 0.25) is 0 Å². The highest BCUT2D eigenvalue weighted by Gasteiger charge is 2.20. The van der Waals surface area contributed by atoms with Crippen LogP contribution in [0.4, 0.5) is 0 Å². The van der Waals surface area contributed by atoms with Gasteiger partial charge < -0.3 is 4.90 Å². The number of hydrogen-bond acceptors (Lipinski definition) is 3. The summed E-state index contributed by atoms with van der Waals surface area (Å²) in [5.74, 6) is 0.0845. The van der Waals surface area contributed by atoms with Crippen LogP contribution in [0, 0.1) is 0 Å². The third kappa shape index (κ3) is 3.83. The Morgan fingerprint density at radius 3 is 2.54 bits per heavy atom. The van der Waals surface area contributed by atoms with E-state index < -0.39 is 0 Å². The van der Waals surface area contributed by atoms with Gasteiger partial charge >= 0.3 is 0 Å². The van der Waals surface area contributed by atoms with Crippen LogP contribution >= 0.6 is 0 Å². The molecule has 0 atom stereocenters. The molecule has 0 spiro atoms. The van der Waals surface area contributed by atoms with Crippen LogP contribution in [0.3, 0.4) is 0 Å². The Bertz CT molecular complexity index is 875. The number of carbonyl (C=O) groups excluding carboxylic acids is 1. The fraction of sp³-hybridized carbons (Fsp3) is 0.238. The van der Waals surface area contributed by atoms with E-state index in [1.165, 1.54) is 0 Å². The normalized spacial score (nSPS) is 15.8. The van der Waals surface area contributed by atoms with Crippen molar-refractivity contribution in [3.05, 3.63) is 78.1 Å². The molecule has 0 radical (unpaired) electrons. The van der Waals surface area contributed by atoms with Crippen molar-refractivity contribution in [2.24, 2.45) is 0 Å². The zero-order valence-electron chi connectivity index (χ0n) is 14.7. The predicted octanol–water partition coefficient (Wildman–Crippen LogP) is 2.69. The maximum atomic E-state index is 12.4. The van der Waals surface area contributed by atoms with Crippen LogP contribution in [-0.2, 0) is 11.3 Å². The minimum atomic E-state index is 0.0845. The maximum absolute atomic E-state index is 12.4. The molecule has 132 valence electrons. The van der Waals surface area contributed by atoms with Gasteiger partial charge in [-0.25, -0.2) is 4.52 Å². The summed E-state index contributed by atoms with van der Waals surface area (Å²) < 4.78 is 1.91. The molecular weight excluding hydrogens is 324 g/mol. The van der Waals surface area contributed by atoms with Crippen molar-refractivity contribution in [1.82, 2.24) is 19.4 Å². The first-order chi connectivity index (χ1) is 12.8. The van der Waals surface area contributed by atoms with E-state index in [4.69, 9.17) is 0 Å². The highest BCUT2D eigenvalue weighted by Crippen LogP contribution is 2.11. The van der Waals surface area contributed by atoms with Gasteiger partial charge in [0.15, 0.2) is 0 Å². The molecule has 4 rings (SSSR count). The number of pyridine rings is 1. The molecule has 0 unspecified atom stereocenters. The van der Waals surface area contributed by atoms with Crippen LogP contribution in [0.15, 0.2) is 66.9 Å². The highest BCUT2D eigenvalue weighted by atomic mass is 16.2. The van der Waals surface area contributed by atoms with E-state index in [1.807, 2.05) is 64.2 Å². The Morgan fingerprint density at radius 1 is 1.00 bits per heavy atom. The number of hydrogen-bond donors (Lipinski definition) is 0. The quantitative estimate of drug-likeness (QED) is 0.682. The summed E-state index contributed by atoms with van der Waals surface area (Å²) in [7, 11) is 0. The minimum absolute atomic E-state index is 0.0845. The van der Waals surface area contributed by atoms with Gasteiger partial charge in [-0.2, -0.15) is 5.10 Å². The minimum Gasteiger partial charge on any atom is -0.337 e. The number of amides is 1. The number of nitrogens with zero attached hydrogens (tertiary/aromatic N) is 4. The van der Waals surface area contributed by atoms with E-state index >= 15 is 0 Å². The SMILES string of the molecule is O=C(C=Cc1ccccc1)N1CCN(Cc2cc3ccccn3n2)CC1. The van der Waals surface area contributed by atoms with Crippen molar-refractivity contribution in [3.63, 3.8) is 0 Å². The summed E-state index contributed by atoms with van der Waals surface area (Å²) in [6.07, 6.45) is 5.52. The molecule has 1 aliphatic heterocycles. The summed E-state index contributed by atoms with van der Waals surface area (Å²) in [5, 5.41) is 4.61. The molecule has 26 heavy (non-hydrogen) atoms. The average molecular weight is 346 g/mol. The first-order valence-corrected chi connectivity index (χ1v) is 8.96. The molecule has 0 saturated carbocycles. The molecule has 3 heterocycles. The van der Waals surface area contributed by atoms with Crippen LogP contribution in [0.1, 0.15) is 11.3 Å². The van der Waals surface area contributed by atoms with Crippen LogP contribution in [-0.4, -0.2) is 51.5 Å². The fourth-order valence-electron chi connectivity index (χ4n) is 3.26. The largest absolute Gasteiger partial charge is 0.337 e. The summed E-state index contributed by atoms with van der Waals surface area (Å²) in [4.78, 5) is 16.6. The van der Waals surface area contributed by atoms with E-state index in [0.29, 0.717) is 0 Å². The monoisotopic (exact) mass is 346 g/mol. The van der Waals surface area contributed by atoms with Gasteiger partial charge in [0.05, 0.1) is 11.2 Å². The predicted molar refractivity (Wildman–Crippen MR) is 103 cm³/mol. The van der Waals surface area contributed by atoms with Crippen molar-refractivity contribution < 1.29 is 4.79 Å². The van der Waals surface area contributed by atoms with E-state index in [2.05, 4.69) is 22.1 Å². The molecule has 1 aliphatic rings. The molecule has 5 nitrogen and oxygen atoms in total. The van der Waals surface area contributed by atoms with Crippen molar-refractivity contribution in [3.8, 4) is 0 Å². The lowest BCUT2D eigenvalue weighted by Crippen LogP contribution is -2.47. The Kier molecular flexibility index (Phi) is 4.80. The molecule has 1 amide bonds. The average Bonchev–Trinajstić information content (AvgIpc) is 3.10. The van der Waals surface area contributed by atoms with E-state index in [-0.39, 0.29) is 5.91 Å². The van der Waals surface area contributed by atoms with Gasteiger partial charge in [0.25, 0.3) is 0 Å². The van der Waals surface area contributed by atoms with Gasteiger partial charge in [-0.15, -0.1) is 0 Å². The van der Waals surface area contributed by atoms with Gasteiger partial charge in [0.1, 0.15) is 0 Å². The number of benzene rings is 1. The number of aromatic nitrogens is 2. The second-order valence-electron chi connectivity index (χ2n) is 6.55. The van der Waals surface area contributed by atoms with E-state index in [0.717, 1.165) is 49.5 Å². The number of fused-ring (bicyclic) bond motifs is 1. The Morgan fingerprint density at radius 2 is 1.77 bits per heavy atom. The van der Waals surface area contributed by atoms with Crippen molar-refractivity contribution >= 4 is 17.5 Å². The second-order valence-corrected chi connectivity index (χ2v) is 6.55. The molecule has 1 saturated heterocycles. The Hall–Kier alpha value is -2.92. The topological polar surface area (TPSA) is 40.9 Å². The molecule has 3 aromatic rings. The van der Waals surface area contributed by atoms with Crippen LogP contribution in [0.5, 0.6) is 0 Å². The van der Waals surface area contributed by atoms with Crippen LogP contribution < -0.4 is 0 Å². The van der Waals surface area contributed by atoms with Gasteiger partial charge in [-0.05, 0) is 29.8 Å². The fourth-order valence-corrected chi connectivity index (χ4v) is 3.26. The third-order valence-electron chi connectivity index (χ3n) is 4.71. The molecule has 1 aromatic carbocycles. The Balaban J connectivity index is 1.31. The molecule has 0 bridgehead atoms. The molecular formula is C21H22N4O. The third-order valence-corrected chi connectivity index (χ3v) is 4.71. The van der Waals surface area contributed by atoms with Gasteiger partial charge in [0.2, 0.25) is 5.91 Å². The maximum Gasteiger partial charge on any atom is 0.246 e. The number of carbonyl (C=O) groups is 1. The summed E-state index contributed by atoms with van der Waals surface area (Å²) >= 11 is 0. The van der Waals surface area contributed by atoms with Crippen molar-refractivity contribution in [2.75, 3.05) is 26.2 Å². The standard InChI is InChI=1S/C21H22N4O/c26-21(10-9-18-6-2-1-3-7-18)24-14-12-23(13-15-24)17-19-16-20-8-4-5-11-25(20)22-19/h1-11,16H,12-15,17H2. The van der Waals surface area contributed by atoms with Gasteiger partial charge in [-0.1, -0.05) is 36.4 Å². The van der Waals surface area contributed by atoms with Crippen LogP contribution in [0.25, 0.3) is 11.6 Å².